The van der Waals surface area contributed by atoms with Gasteiger partial charge in [0.05, 0.1) is 0 Å². The maximum absolute atomic E-state index is 12.4. The van der Waals surface area contributed by atoms with E-state index in [1.807, 2.05) is 31.2 Å². The molecule has 2 amide bonds. The first kappa shape index (κ1) is 23.5. The number of aryl methyl sites for hydroxylation is 1. The van der Waals surface area contributed by atoms with Gasteiger partial charge in [-0.1, -0.05) is 49.6 Å². The summed E-state index contributed by atoms with van der Waals surface area (Å²) in [6.45, 7) is 5.84. The van der Waals surface area contributed by atoms with E-state index in [1.54, 1.807) is 0 Å². The summed E-state index contributed by atoms with van der Waals surface area (Å²) in [7, 11) is 0. The molecule has 1 aromatic heterocycles. The Balaban J connectivity index is 1.64. The fraction of sp³-hybridized carbons (Fsp3) is 0.476. The number of halogens is 1. The summed E-state index contributed by atoms with van der Waals surface area (Å²) < 4.78 is 5.18. The number of alkyl carbamates (subject to hydrolysis) is 1. The van der Waals surface area contributed by atoms with Gasteiger partial charge in [0.15, 0.2) is 5.82 Å². The second kappa shape index (κ2) is 12.7. The summed E-state index contributed by atoms with van der Waals surface area (Å²) in [5.41, 5.74) is 2.36. The molecule has 0 aliphatic rings. The molecule has 0 atom stereocenters. The zero-order chi connectivity index (χ0) is 21.8. The second-order valence-corrected chi connectivity index (χ2v) is 7.34. The van der Waals surface area contributed by atoms with Crippen LogP contribution in [-0.4, -0.2) is 41.6 Å². The molecular weight excluding hydrogens is 406 g/mol. The average molecular weight is 436 g/mol. The number of unbranched alkanes of at least 4 members (excludes halogenated alkanes) is 2. The second-order valence-electron chi connectivity index (χ2n) is 6.99. The van der Waals surface area contributed by atoms with Crippen molar-refractivity contribution in [3.05, 3.63) is 46.4 Å². The predicted octanol–water partition coefficient (Wildman–Crippen LogP) is 4.02. The van der Waals surface area contributed by atoms with Crippen LogP contribution in [0.25, 0.3) is 0 Å². The highest BCUT2D eigenvalue weighted by molar-refractivity contribution is 6.28. The van der Waals surface area contributed by atoms with Crippen LogP contribution in [0, 0.1) is 6.92 Å². The molecule has 0 spiro atoms. The topological polar surface area (TPSA) is 108 Å². The van der Waals surface area contributed by atoms with Crippen LogP contribution in [-0.2, 0) is 11.3 Å². The van der Waals surface area contributed by atoms with Gasteiger partial charge in [0, 0.05) is 19.6 Å². The van der Waals surface area contributed by atoms with Crippen molar-refractivity contribution in [2.45, 2.75) is 46.1 Å². The number of rotatable bonds is 12. The zero-order valence-electron chi connectivity index (χ0n) is 17.5. The molecule has 164 valence electrons. The van der Waals surface area contributed by atoms with Crippen LogP contribution < -0.4 is 16.0 Å². The van der Waals surface area contributed by atoms with Crippen molar-refractivity contribution in [1.29, 1.82) is 0 Å². The lowest BCUT2D eigenvalue weighted by molar-refractivity contribution is 0.0949. The molecule has 0 saturated carbocycles. The summed E-state index contributed by atoms with van der Waals surface area (Å²) >= 11 is 5.90. The van der Waals surface area contributed by atoms with Crippen molar-refractivity contribution in [3.63, 3.8) is 0 Å². The lowest BCUT2D eigenvalue weighted by atomic mass is 10.1. The third-order valence-corrected chi connectivity index (χ3v) is 4.51. The highest BCUT2D eigenvalue weighted by Crippen LogP contribution is 2.16. The Labute approximate surface area is 182 Å². The first-order valence-electron chi connectivity index (χ1n) is 10.2. The minimum Gasteiger partial charge on any atom is -0.445 e. The minimum absolute atomic E-state index is 0.163. The largest absolute Gasteiger partial charge is 0.445 e. The number of ether oxygens (including phenoxy) is 1. The highest BCUT2D eigenvalue weighted by Gasteiger charge is 2.16. The molecule has 9 heteroatoms. The molecule has 0 radical (unpaired) electrons. The molecule has 2 rings (SSSR count). The van der Waals surface area contributed by atoms with E-state index in [4.69, 9.17) is 16.3 Å². The maximum atomic E-state index is 12.4. The lowest BCUT2D eigenvalue weighted by Crippen LogP contribution is -2.30. The number of hydrogen-bond acceptors (Lipinski definition) is 5. The normalized spacial score (nSPS) is 10.5. The number of nitrogens with zero attached hydrogens (tertiary/aromatic N) is 1. The summed E-state index contributed by atoms with van der Waals surface area (Å²) in [5, 5.41) is 8.76. The fourth-order valence-electron chi connectivity index (χ4n) is 2.79. The number of aromatic amines is 1. The van der Waals surface area contributed by atoms with Gasteiger partial charge < -0.3 is 25.7 Å². The molecule has 0 bridgehead atoms. The van der Waals surface area contributed by atoms with Gasteiger partial charge >= 0.3 is 6.09 Å². The molecule has 2 aromatic rings. The van der Waals surface area contributed by atoms with E-state index in [0.29, 0.717) is 31.0 Å². The van der Waals surface area contributed by atoms with Crippen LogP contribution in [0.3, 0.4) is 0 Å². The number of carbonyl (C=O) groups is 2. The molecule has 0 fully saturated rings. The van der Waals surface area contributed by atoms with E-state index < -0.39 is 6.09 Å². The van der Waals surface area contributed by atoms with Gasteiger partial charge in [-0.15, -0.1) is 0 Å². The predicted molar refractivity (Wildman–Crippen MR) is 118 cm³/mol. The molecule has 30 heavy (non-hydrogen) atoms. The fourth-order valence-corrected chi connectivity index (χ4v) is 2.97. The third kappa shape index (κ3) is 8.32. The van der Waals surface area contributed by atoms with Crippen molar-refractivity contribution < 1.29 is 14.3 Å². The average Bonchev–Trinajstić information content (AvgIpc) is 3.10. The molecule has 0 saturated heterocycles. The van der Waals surface area contributed by atoms with E-state index in [2.05, 4.69) is 32.8 Å². The van der Waals surface area contributed by atoms with Gasteiger partial charge in [-0.25, -0.2) is 9.78 Å². The standard InChI is InChI=1S/C21H30ClN5O3/c1-3-4-5-10-23-18-17(26-20(22)27-18)19(28)24-11-7-12-25-21(29)30-14-16-9-6-8-15(2)13-16/h6,8-9,13,23H,3-5,7,10-12,14H2,1-2H3,(H,24,28)(H,25,29)(H,26,27). The molecule has 1 heterocycles. The minimum atomic E-state index is -0.484. The Morgan fingerprint density at radius 3 is 2.70 bits per heavy atom. The van der Waals surface area contributed by atoms with Gasteiger partial charge in [-0.2, -0.15) is 0 Å². The highest BCUT2D eigenvalue weighted by atomic mass is 35.5. The number of carbonyl (C=O) groups excluding carboxylic acids is 2. The van der Waals surface area contributed by atoms with Crippen LogP contribution >= 0.6 is 11.6 Å². The Hall–Kier alpha value is -2.74. The van der Waals surface area contributed by atoms with E-state index in [0.717, 1.165) is 36.9 Å². The number of nitrogens with one attached hydrogen (secondary N) is 4. The molecule has 1 aromatic carbocycles. The number of aromatic nitrogens is 2. The van der Waals surface area contributed by atoms with E-state index in [1.165, 1.54) is 0 Å². The monoisotopic (exact) mass is 435 g/mol. The molecule has 0 aliphatic heterocycles. The van der Waals surface area contributed by atoms with Crippen molar-refractivity contribution in [2.75, 3.05) is 25.0 Å². The Kier molecular flexibility index (Phi) is 10.00. The SMILES string of the molecule is CCCCCNc1nc(Cl)[nH]c1C(=O)NCCCNC(=O)OCc1cccc(C)c1. The first-order valence-corrected chi connectivity index (χ1v) is 10.6. The Morgan fingerprint density at radius 2 is 1.93 bits per heavy atom. The quantitative estimate of drug-likeness (QED) is 0.376. The van der Waals surface area contributed by atoms with Crippen molar-refractivity contribution in [2.24, 2.45) is 0 Å². The van der Waals surface area contributed by atoms with E-state index in [-0.39, 0.29) is 17.8 Å². The molecule has 0 aliphatic carbocycles. The number of benzene rings is 1. The smallest absolute Gasteiger partial charge is 0.407 e. The summed E-state index contributed by atoms with van der Waals surface area (Å²) in [5.74, 6) is 0.154. The van der Waals surface area contributed by atoms with Crippen molar-refractivity contribution >= 4 is 29.4 Å². The number of amides is 2. The van der Waals surface area contributed by atoms with Crippen molar-refractivity contribution in [3.8, 4) is 0 Å². The summed E-state index contributed by atoms with van der Waals surface area (Å²) in [6.07, 6.45) is 3.29. The molecule has 8 nitrogen and oxygen atoms in total. The van der Waals surface area contributed by atoms with Crippen LogP contribution in [0.1, 0.15) is 54.2 Å². The summed E-state index contributed by atoms with van der Waals surface area (Å²) in [4.78, 5) is 31.0. The van der Waals surface area contributed by atoms with Crippen molar-refractivity contribution in [1.82, 2.24) is 20.6 Å². The zero-order valence-corrected chi connectivity index (χ0v) is 18.3. The molecule has 4 N–H and O–H groups in total. The van der Waals surface area contributed by atoms with Gasteiger partial charge in [0.25, 0.3) is 5.91 Å². The van der Waals surface area contributed by atoms with Crippen LogP contribution in [0.15, 0.2) is 24.3 Å². The van der Waals surface area contributed by atoms with Crippen LogP contribution in [0.5, 0.6) is 0 Å². The Morgan fingerprint density at radius 1 is 1.13 bits per heavy atom. The third-order valence-electron chi connectivity index (χ3n) is 4.34. The van der Waals surface area contributed by atoms with Gasteiger partial charge in [-0.3, -0.25) is 4.79 Å². The maximum Gasteiger partial charge on any atom is 0.407 e. The summed E-state index contributed by atoms with van der Waals surface area (Å²) in [6, 6.07) is 7.79. The number of H-pyrrole nitrogens is 1. The van der Waals surface area contributed by atoms with Gasteiger partial charge in [0.2, 0.25) is 5.28 Å². The lowest BCUT2D eigenvalue weighted by Gasteiger charge is -2.09. The molecular formula is C21H30ClN5O3. The molecule has 0 unspecified atom stereocenters. The number of anilines is 1. The Bertz CT molecular complexity index is 825. The van der Waals surface area contributed by atoms with E-state index >= 15 is 0 Å². The number of hydrogen-bond donors (Lipinski definition) is 4. The van der Waals surface area contributed by atoms with Crippen LogP contribution in [0.4, 0.5) is 10.6 Å². The van der Waals surface area contributed by atoms with E-state index in [9.17, 15) is 9.59 Å². The van der Waals surface area contributed by atoms with Gasteiger partial charge in [0.1, 0.15) is 12.3 Å². The van der Waals surface area contributed by atoms with Gasteiger partial charge in [-0.05, 0) is 36.9 Å². The van der Waals surface area contributed by atoms with Crippen LogP contribution in [0.2, 0.25) is 5.28 Å². The number of imidazole rings is 1. The first-order chi connectivity index (χ1) is 14.5.